The van der Waals surface area contributed by atoms with Gasteiger partial charge in [0.05, 0.1) is 24.9 Å². The van der Waals surface area contributed by atoms with Gasteiger partial charge >= 0.3 is 0 Å². The first kappa shape index (κ1) is 16.8. The molecule has 3 N–H and O–H groups in total. The number of hydrogen-bond donors (Lipinski definition) is 3. The third kappa shape index (κ3) is 5.79. The second-order valence-corrected chi connectivity index (χ2v) is 5.61. The second kappa shape index (κ2) is 6.66. The molecule has 0 fully saturated rings. The fraction of sp³-hybridized carbons (Fsp3) is 1.00. The quantitative estimate of drug-likeness (QED) is 0.574. The SMILES string of the molecule is CC(OCO)C(O)COCC(C)(O)C(C)(C)C. The van der Waals surface area contributed by atoms with Crippen molar-refractivity contribution in [2.45, 2.75) is 52.4 Å². The summed E-state index contributed by atoms with van der Waals surface area (Å²) in [6.07, 6.45) is -1.32. The standard InChI is InChI=1S/C12H26O5/c1-9(17-8-13)10(14)6-16-7-12(5,15)11(2,3)4/h9-10,13-15H,6-8H2,1-5H3. The lowest BCUT2D eigenvalue weighted by Crippen LogP contribution is -2.45. The van der Waals surface area contributed by atoms with Gasteiger partial charge in [-0.25, -0.2) is 0 Å². The van der Waals surface area contributed by atoms with Gasteiger partial charge in [-0.05, 0) is 19.3 Å². The van der Waals surface area contributed by atoms with Gasteiger partial charge in [-0.15, -0.1) is 0 Å². The van der Waals surface area contributed by atoms with Gasteiger partial charge in [-0.3, -0.25) is 0 Å². The highest BCUT2D eigenvalue weighted by molar-refractivity contribution is 4.86. The molecule has 5 heteroatoms. The zero-order chi connectivity index (χ0) is 13.7. The van der Waals surface area contributed by atoms with Crippen molar-refractivity contribution in [3.05, 3.63) is 0 Å². The molecule has 104 valence electrons. The highest BCUT2D eigenvalue weighted by Crippen LogP contribution is 2.29. The van der Waals surface area contributed by atoms with Gasteiger partial charge < -0.3 is 24.8 Å². The van der Waals surface area contributed by atoms with Gasteiger partial charge in [-0.1, -0.05) is 20.8 Å². The van der Waals surface area contributed by atoms with Gasteiger partial charge in [0.1, 0.15) is 12.9 Å². The van der Waals surface area contributed by atoms with Crippen LogP contribution < -0.4 is 0 Å². The molecule has 0 heterocycles. The van der Waals surface area contributed by atoms with E-state index in [0.717, 1.165) is 0 Å². The Labute approximate surface area is 103 Å². The molecular weight excluding hydrogens is 224 g/mol. The molecule has 0 aliphatic rings. The summed E-state index contributed by atoms with van der Waals surface area (Å²) < 4.78 is 10.1. The average Bonchev–Trinajstić information content (AvgIpc) is 2.15. The molecule has 0 bridgehead atoms. The van der Waals surface area contributed by atoms with Crippen LogP contribution in [0.4, 0.5) is 0 Å². The lowest BCUT2D eigenvalue weighted by Gasteiger charge is -2.37. The highest BCUT2D eigenvalue weighted by Gasteiger charge is 2.35. The predicted molar refractivity (Wildman–Crippen MR) is 64.5 cm³/mol. The van der Waals surface area contributed by atoms with Crippen molar-refractivity contribution in [2.75, 3.05) is 20.0 Å². The first-order valence-electron chi connectivity index (χ1n) is 5.82. The Kier molecular flexibility index (Phi) is 6.58. The van der Waals surface area contributed by atoms with Crippen molar-refractivity contribution in [2.24, 2.45) is 5.41 Å². The van der Waals surface area contributed by atoms with Gasteiger partial charge in [-0.2, -0.15) is 0 Å². The summed E-state index contributed by atoms with van der Waals surface area (Å²) in [5.41, 5.74) is -1.26. The molecule has 0 aromatic heterocycles. The van der Waals surface area contributed by atoms with E-state index in [4.69, 9.17) is 14.6 Å². The summed E-state index contributed by atoms with van der Waals surface area (Å²) in [7, 11) is 0. The minimum atomic E-state index is -0.964. The van der Waals surface area contributed by atoms with E-state index in [0.29, 0.717) is 0 Å². The minimum absolute atomic E-state index is 0.0629. The van der Waals surface area contributed by atoms with Crippen molar-refractivity contribution in [3.63, 3.8) is 0 Å². The van der Waals surface area contributed by atoms with Gasteiger partial charge in [0.25, 0.3) is 0 Å². The van der Waals surface area contributed by atoms with Crippen LogP contribution in [0.15, 0.2) is 0 Å². The van der Waals surface area contributed by atoms with E-state index in [1.165, 1.54) is 0 Å². The summed E-state index contributed by atoms with van der Waals surface area (Å²) in [4.78, 5) is 0. The van der Waals surface area contributed by atoms with Gasteiger partial charge in [0.15, 0.2) is 0 Å². The van der Waals surface area contributed by atoms with E-state index in [1.807, 2.05) is 20.8 Å². The monoisotopic (exact) mass is 250 g/mol. The molecule has 0 rings (SSSR count). The van der Waals surface area contributed by atoms with Crippen LogP contribution in [0.25, 0.3) is 0 Å². The fourth-order valence-corrected chi connectivity index (χ4v) is 0.959. The van der Waals surface area contributed by atoms with Crippen LogP contribution in [0.2, 0.25) is 0 Å². The van der Waals surface area contributed by atoms with Crippen LogP contribution in [0, 0.1) is 5.41 Å². The molecule has 0 aliphatic carbocycles. The molecule has 5 nitrogen and oxygen atoms in total. The van der Waals surface area contributed by atoms with E-state index in [2.05, 4.69) is 0 Å². The molecular formula is C12H26O5. The largest absolute Gasteiger partial charge is 0.388 e. The van der Waals surface area contributed by atoms with Crippen LogP contribution in [0.3, 0.4) is 0 Å². The molecule has 0 saturated carbocycles. The van der Waals surface area contributed by atoms with E-state index in [1.54, 1.807) is 13.8 Å². The maximum atomic E-state index is 10.1. The molecule has 0 amide bonds. The minimum Gasteiger partial charge on any atom is -0.388 e. The molecule has 0 saturated heterocycles. The molecule has 0 aromatic rings. The van der Waals surface area contributed by atoms with Gasteiger partial charge in [0.2, 0.25) is 0 Å². The lowest BCUT2D eigenvalue weighted by atomic mass is 9.78. The van der Waals surface area contributed by atoms with E-state index < -0.39 is 24.6 Å². The fourth-order valence-electron chi connectivity index (χ4n) is 0.959. The maximum Gasteiger partial charge on any atom is 0.144 e. The summed E-state index contributed by atoms with van der Waals surface area (Å²) in [6.45, 7) is 8.88. The normalized spacial score (nSPS) is 19.8. The van der Waals surface area contributed by atoms with Crippen LogP contribution in [-0.2, 0) is 9.47 Å². The molecule has 0 spiro atoms. The van der Waals surface area contributed by atoms with Crippen LogP contribution in [-0.4, -0.2) is 53.1 Å². The van der Waals surface area contributed by atoms with E-state index >= 15 is 0 Å². The van der Waals surface area contributed by atoms with Crippen molar-refractivity contribution in [1.29, 1.82) is 0 Å². The average molecular weight is 250 g/mol. The Morgan fingerprint density at radius 2 is 1.71 bits per heavy atom. The third-order valence-corrected chi connectivity index (χ3v) is 3.17. The number of aliphatic hydroxyl groups is 3. The Hall–Kier alpha value is -0.200. The predicted octanol–water partition coefficient (Wildman–Crippen LogP) is 0.516. The summed E-state index contributed by atoms with van der Waals surface area (Å²) in [6, 6.07) is 0. The van der Waals surface area contributed by atoms with Crippen molar-refractivity contribution >= 4 is 0 Å². The Bertz CT molecular complexity index is 209. The molecule has 17 heavy (non-hydrogen) atoms. The first-order chi connectivity index (χ1) is 7.62. The maximum absolute atomic E-state index is 10.1. The van der Waals surface area contributed by atoms with Crippen molar-refractivity contribution in [3.8, 4) is 0 Å². The van der Waals surface area contributed by atoms with E-state index in [9.17, 15) is 10.2 Å². The Balaban J connectivity index is 3.99. The number of ether oxygens (including phenoxy) is 2. The molecule has 0 radical (unpaired) electrons. The third-order valence-electron chi connectivity index (χ3n) is 3.17. The highest BCUT2D eigenvalue weighted by atomic mass is 16.6. The van der Waals surface area contributed by atoms with Crippen LogP contribution >= 0.6 is 0 Å². The summed E-state index contributed by atoms with van der Waals surface area (Å²) >= 11 is 0. The Morgan fingerprint density at radius 3 is 2.12 bits per heavy atom. The van der Waals surface area contributed by atoms with Gasteiger partial charge in [0, 0.05) is 0 Å². The van der Waals surface area contributed by atoms with Crippen molar-refractivity contribution in [1.82, 2.24) is 0 Å². The van der Waals surface area contributed by atoms with Crippen LogP contribution in [0.1, 0.15) is 34.6 Å². The molecule has 0 aromatic carbocycles. The number of rotatable bonds is 7. The topological polar surface area (TPSA) is 79.2 Å². The first-order valence-corrected chi connectivity index (χ1v) is 5.82. The van der Waals surface area contributed by atoms with Crippen LogP contribution in [0.5, 0.6) is 0 Å². The number of hydrogen-bond acceptors (Lipinski definition) is 5. The van der Waals surface area contributed by atoms with E-state index in [-0.39, 0.29) is 18.6 Å². The second-order valence-electron chi connectivity index (χ2n) is 5.61. The summed E-state index contributed by atoms with van der Waals surface area (Å²) in [5.74, 6) is 0. The molecule has 0 aliphatic heterocycles. The smallest absolute Gasteiger partial charge is 0.144 e. The molecule has 3 atom stereocenters. The van der Waals surface area contributed by atoms with Crippen molar-refractivity contribution < 1.29 is 24.8 Å². The Morgan fingerprint density at radius 1 is 1.18 bits per heavy atom. The zero-order valence-electron chi connectivity index (χ0n) is 11.4. The molecule has 3 unspecified atom stereocenters. The summed E-state index contributed by atoms with van der Waals surface area (Å²) in [5, 5.41) is 28.3. The lowest BCUT2D eigenvalue weighted by molar-refractivity contribution is -0.137. The zero-order valence-corrected chi connectivity index (χ0v) is 11.4. The number of aliphatic hydroxyl groups excluding tert-OH is 2.